The summed E-state index contributed by atoms with van der Waals surface area (Å²) in [5, 5.41) is 14.4. The zero-order chi connectivity index (χ0) is 15.2. The molecule has 0 radical (unpaired) electrons. The lowest BCUT2D eigenvalue weighted by Crippen LogP contribution is -2.17. The maximum atomic E-state index is 11.8. The van der Waals surface area contributed by atoms with Gasteiger partial charge in [0.05, 0.1) is 11.1 Å². The first-order valence-corrected chi connectivity index (χ1v) is 6.21. The molecule has 0 bridgehead atoms. The molecule has 0 saturated carbocycles. The summed E-state index contributed by atoms with van der Waals surface area (Å²) in [6.07, 6.45) is 1.36. The molecule has 0 heterocycles. The number of aryl methyl sites for hydroxylation is 1. The van der Waals surface area contributed by atoms with Gasteiger partial charge in [0.25, 0.3) is 11.6 Å². The fourth-order valence-electron chi connectivity index (χ4n) is 1.73. The zero-order valence-corrected chi connectivity index (χ0v) is 11.3. The van der Waals surface area contributed by atoms with Crippen LogP contribution in [0.1, 0.15) is 21.5 Å². The van der Waals surface area contributed by atoms with Crippen molar-refractivity contribution in [2.24, 2.45) is 5.10 Å². The minimum atomic E-state index is -0.483. The summed E-state index contributed by atoms with van der Waals surface area (Å²) in [5.41, 5.74) is 4.38. The molecule has 1 N–H and O–H groups in total. The highest BCUT2D eigenvalue weighted by Crippen LogP contribution is 2.11. The quantitative estimate of drug-likeness (QED) is 0.532. The predicted octanol–water partition coefficient (Wildman–Crippen LogP) is 2.67. The maximum Gasteiger partial charge on any atom is 0.271 e. The smallest absolute Gasteiger partial charge is 0.267 e. The van der Waals surface area contributed by atoms with Crippen molar-refractivity contribution in [3.05, 3.63) is 75.3 Å². The SMILES string of the molecule is Cc1cccc(C(=O)NN=Cc2cccc([N+](=O)[O-])c2)c1. The van der Waals surface area contributed by atoms with Crippen LogP contribution in [-0.4, -0.2) is 17.0 Å². The Bertz CT molecular complexity index is 711. The fourth-order valence-corrected chi connectivity index (χ4v) is 1.73. The van der Waals surface area contributed by atoms with Gasteiger partial charge in [-0.25, -0.2) is 5.43 Å². The van der Waals surface area contributed by atoms with Crippen LogP contribution in [0.25, 0.3) is 0 Å². The Morgan fingerprint density at radius 2 is 2.00 bits per heavy atom. The van der Waals surface area contributed by atoms with Crippen LogP contribution in [0.5, 0.6) is 0 Å². The zero-order valence-electron chi connectivity index (χ0n) is 11.3. The van der Waals surface area contributed by atoms with Gasteiger partial charge in [0.15, 0.2) is 0 Å². The molecule has 0 fully saturated rings. The van der Waals surface area contributed by atoms with Crippen molar-refractivity contribution in [2.75, 3.05) is 0 Å². The average molecular weight is 283 g/mol. The van der Waals surface area contributed by atoms with Crippen molar-refractivity contribution in [2.45, 2.75) is 6.92 Å². The van der Waals surface area contributed by atoms with Crippen molar-refractivity contribution in [3.63, 3.8) is 0 Å². The number of nitro benzene ring substituents is 1. The van der Waals surface area contributed by atoms with Crippen molar-refractivity contribution < 1.29 is 9.72 Å². The van der Waals surface area contributed by atoms with Crippen molar-refractivity contribution >= 4 is 17.8 Å². The van der Waals surface area contributed by atoms with Crippen LogP contribution in [0.4, 0.5) is 5.69 Å². The van der Waals surface area contributed by atoms with E-state index in [4.69, 9.17) is 0 Å². The summed E-state index contributed by atoms with van der Waals surface area (Å²) in [6, 6.07) is 13.1. The Morgan fingerprint density at radius 1 is 1.24 bits per heavy atom. The van der Waals surface area contributed by atoms with Crippen molar-refractivity contribution in [1.82, 2.24) is 5.43 Å². The van der Waals surface area contributed by atoms with E-state index >= 15 is 0 Å². The highest BCUT2D eigenvalue weighted by Gasteiger charge is 2.05. The molecule has 0 aromatic heterocycles. The number of hydrogen-bond acceptors (Lipinski definition) is 4. The number of hydrogen-bond donors (Lipinski definition) is 1. The number of benzene rings is 2. The summed E-state index contributed by atoms with van der Waals surface area (Å²) >= 11 is 0. The summed E-state index contributed by atoms with van der Waals surface area (Å²) in [5.74, 6) is -0.333. The van der Waals surface area contributed by atoms with Gasteiger partial charge in [-0.3, -0.25) is 14.9 Å². The Balaban J connectivity index is 2.04. The molecule has 0 aliphatic heterocycles. The normalized spacial score (nSPS) is 10.5. The van der Waals surface area contributed by atoms with Gasteiger partial charge in [0.1, 0.15) is 0 Å². The van der Waals surface area contributed by atoms with Gasteiger partial charge in [-0.15, -0.1) is 0 Å². The molecule has 106 valence electrons. The molecule has 0 atom stereocenters. The molecule has 0 aliphatic rings. The predicted molar refractivity (Wildman–Crippen MR) is 79.3 cm³/mol. The molecule has 0 spiro atoms. The molecule has 21 heavy (non-hydrogen) atoms. The number of hydrazone groups is 1. The van der Waals surface area contributed by atoms with Crippen LogP contribution >= 0.6 is 0 Å². The van der Waals surface area contributed by atoms with E-state index in [1.54, 1.807) is 30.3 Å². The van der Waals surface area contributed by atoms with Crippen LogP contribution in [0, 0.1) is 17.0 Å². The van der Waals surface area contributed by atoms with E-state index in [1.165, 1.54) is 18.3 Å². The molecule has 2 aromatic carbocycles. The highest BCUT2D eigenvalue weighted by molar-refractivity contribution is 5.95. The van der Waals surface area contributed by atoms with Gasteiger partial charge in [-0.2, -0.15) is 5.10 Å². The van der Waals surface area contributed by atoms with E-state index in [1.807, 2.05) is 13.0 Å². The van der Waals surface area contributed by atoms with Crippen LogP contribution in [-0.2, 0) is 0 Å². The molecule has 2 rings (SSSR count). The number of non-ortho nitro benzene ring substituents is 1. The number of carbonyl (C=O) groups is 1. The molecule has 0 aliphatic carbocycles. The third kappa shape index (κ3) is 3.97. The monoisotopic (exact) mass is 283 g/mol. The van der Waals surface area contributed by atoms with Gasteiger partial charge < -0.3 is 0 Å². The molecule has 0 saturated heterocycles. The van der Waals surface area contributed by atoms with Crippen molar-refractivity contribution in [3.8, 4) is 0 Å². The lowest BCUT2D eigenvalue weighted by molar-refractivity contribution is -0.384. The molecule has 0 unspecified atom stereocenters. The molecular formula is C15H13N3O3. The Kier molecular flexibility index (Phi) is 4.40. The van der Waals surface area contributed by atoms with Gasteiger partial charge in [0, 0.05) is 23.3 Å². The Morgan fingerprint density at radius 3 is 2.71 bits per heavy atom. The number of nitrogens with zero attached hydrogens (tertiary/aromatic N) is 2. The van der Waals surface area contributed by atoms with E-state index < -0.39 is 4.92 Å². The summed E-state index contributed by atoms with van der Waals surface area (Å²) in [7, 11) is 0. The van der Waals surface area contributed by atoms with Gasteiger partial charge in [0.2, 0.25) is 0 Å². The number of rotatable bonds is 4. The molecule has 1 amide bonds. The highest BCUT2D eigenvalue weighted by atomic mass is 16.6. The largest absolute Gasteiger partial charge is 0.271 e. The first-order valence-electron chi connectivity index (χ1n) is 6.21. The minimum Gasteiger partial charge on any atom is -0.267 e. The van der Waals surface area contributed by atoms with Crippen LogP contribution in [0.3, 0.4) is 0 Å². The van der Waals surface area contributed by atoms with E-state index in [0.717, 1.165) is 5.56 Å². The number of amides is 1. The summed E-state index contributed by atoms with van der Waals surface area (Å²) in [4.78, 5) is 22.0. The Labute approximate surface area is 121 Å². The van der Waals surface area contributed by atoms with Crippen LogP contribution in [0.15, 0.2) is 53.6 Å². The number of nitro groups is 1. The second kappa shape index (κ2) is 6.42. The van der Waals surface area contributed by atoms with E-state index in [0.29, 0.717) is 11.1 Å². The average Bonchev–Trinajstić information content (AvgIpc) is 2.47. The third-order valence-corrected chi connectivity index (χ3v) is 2.74. The second-order valence-electron chi connectivity index (χ2n) is 4.42. The van der Waals surface area contributed by atoms with E-state index in [9.17, 15) is 14.9 Å². The number of nitrogens with one attached hydrogen (secondary N) is 1. The van der Waals surface area contributed by atoms with Crippen LogP contribution < -0.4 is 5.43 Å². The summed E-state index contributed by atoms with van der Waals surface area (Å²) in [6.45, 7) is 1.89. The Hall–Kier alpha value is -3.02. The summed E-state index contributed by atoms with van der Waals surface area (Å²) < 4.78 is 0. The molecule has 6 heteroatoms. The van der Waals surface area contributed by atoms with Crippen molar-refractivity contribution in [1.29, 1.82) is 0 Å². The second-order valence-corrected chi connectivity index (χ2v) is 4.42. The maximum absolute atomic E-state index is 11.8. The van der Waals surface area contributed by atoms with E-state index in [2.05, 4.69) is 10.5 Å². The molecule has 2 aromatic rings. The van der Waals surface area contributed by atoms with Crippen LogP contribution in [0.2, 0.25) is 0 Å². The third-order valence-electron chi connectivity index (χ3n) is 2.74. The topological polar surface area (TPSA) is 84.6 Å². The lowest BCUT2D eigenvalue weighted by atomic mass is 10.1. The minimum absolute atomic E-state index is 0.0241. The first-order chi connectivity index (χ1) is 10.1. The fraction of sp³-hybridized carbons (Fsp3) is 0.0667. The number of carbonyl (C=O) groups excluding carboxylic acids is 1. The standard InChI is InChI=1S/C15H13N3O3/c1-11-4-2-6-13(8-11)15(19)17-16-10-12-5-3-7-14(9-12)18(20)21/h2-10H,1H3,(H,17,19). The van der Waals surface area contributed by atoms with E-state index in [-0.39, 0.29) is 11.6 Å². The van der Waals surface area contributed by atoms with Gasteiger partial charge in [-0.1, -0.05) is 29.8 Å². The van der Waals surface area contributed by atoms with Gasteiger partial charge in [-0.05, 0) is 19.1 Å². The molecule has 6 nitrogen and oxygen atoms in total. The van der Waals surface area contributed by atoms with Gasteiger partial charge >= 0.3 is 0 Å². The first kappa shape index (κ1) is 14.4. The molecular weight excluding hydrogens is 270 g/mol. The lowest BCUT2D eigenvalue weighted by Gasteiger charge is -2.00.